The maximum atomic E-state index is 13.3. The Labute approximate surface area is 162 Å². The van der Waals surface area contributed by atoms with Crippen molar-refractivity contribution in [2.75, 3.05) is 6.54 Å². The van der Waals surface area contributed by atoms with Crippen molar-refractivity contribution in [2.45, 2.75) is 6.04 Å². The summed E-state index contributed by atoms with van der Waals surface area (Å²) in [4.78, 5) is 47.0. The van der Waals surface area contributed by atoms with Gasteiger partial charge in [-0.2, -0.15) is 0 Å². The molecule has 0 bridgehead atoms. The number of benzene rings is 2. The van der Waals surface area contributed by atoms with Crippen LogP contribution < -0.4 is 0 Å². The fourth-order valence-electron chi connectivity index (χ4n) is 3.08. The molecule has 3 rings (SSSR count). The SMILES string of the molecule is O=C(O)CN1C(=O)C(=O)C(=C(O)c2ccc([N+](=O)[O-])cc2)[C@H]1c1ccc(F)cc1. The molecule has 1 aliphatic heterocycles. The Morgan fingerprint density at radius 1 is 1.07 bits per heavy atom. The highest BCUT2D eigenvalue weighted by Crippen LogP contribution is 2.39. The Morgan fingerprint density at radius 2 is 1.66 bits per heavy atom. The number of carboxylic acids is 1. The Morgan fingerprint density at radius 3 is 2.17 bits per heavy atom. The molecule has 148 valence electrons. The number of non-ortho nitro benzene ring substituents is 1. The van der Waals surface area contributed by atoms with Gasteiger partial charge in [0.05, 0.1) is 16.5 Å². The van der Waals surface area contributed by atoms with Crippen LogP contribution in [-0.4, -0.2) is 44.2 Å². The molecule has 1 amide bonds. The molecule has 1 heterocycles. The van der Waals surface area contributed by atoms with Crippen molar-refractivity contribution in [3.63, 3.8) is 0 Å². The highest BCUT2D eigenvalue weighted by Gasteiger charge is 2.46. The third kappa shape index (κ3) is 3.68. The number of aliphatic carboxylic acids is 1. The first-order valence-electron chi connectivity index (χ1n) is 8.21. The molecule has 1 atom stereocenters. The predicted octanol–water partition coefficient (Wildman–Crippen LogP) is 2.24. The summed E-state index contributed by atoms with van der Waals surface area (Å²) in [6.45, 7) is -0.816. The maximum Gasteiger partial charge on any atom is 0.323 e. The number of hydrogen-bond acceptors (Lipinski definition) is 6. The zero-order chi connectivity index (χ0) is 21.3. The lowest BCUT2D eigenvalue weighted by Gasteiger charge is -2.23. The number of rotatable bonds is 5. The number of aliphatic hydroxyl groups excluding tert-OH is 1. The summed E-state index contributed by atoms with van der Waals surface area (Å²) < 4.78 is 13.3. The van der Waals surface area contributed by atoms with E-state index in [1.165, 1.54) is 24.3 Å². The molecule has 10 heteroatoms. The first kappa shape index (κ1) is 19.7. The molecule has 0 spiro atoms. The number of likely N-dealkylation sites (tertiary alicyclic amines) is 1. The summed E-state index contributed by atoms with van der Waals surface area (Å²) in [5.41, 5.74) is -0.397. The van der Waals surface area contributed by atoms with Crippen LogP contribution in [0.1, 0.15) is 17.2 Å². The smallest absolute Gasteiger partial charge is 0.323 e. The highest BCUT2D eigenvalue weighted by atomic mass is 19.1. The van der Waals surface area contributed by atoms with Crippen LogP contribution in [0.5, 0.6) is 0 Å². The van der Waals surface area contributed by atoms with Gasteiger partial charge in [-0.25, -0.2) is 4.39 Å². The second-order valence-corrected chi connectivity index (χ2v) is 6.18. The third-order valence-electron chi connectivity index (χ3n) is 4.38. The molecule has 0 aliphatic carbocycles. The number of carbonyl (C=O) groups is 3. The Hall–Kier alpha value is -4.08. The van der Waals surface area contributed by atoms with E-state index in [1.807, 2.05) is 0 Å². The van der Waals surface area contributed by atoms with E-state index >= 15 is 0 Å². The first-order valence-corrected chi connectivity index (χ1v) is 8.21. The van der Waals surface area contributed by atoms with Crippen LogP contribution in [0.25, 0.3) is 5.76 Å². The van der Waals surface area contributed by atoms with Crippen LogP contribution in [0.3, 0.4) is 0 Å². The predicted molar refractivity (Wildman–Crippen MR) is 96.1 cm³/mol. The van der Waals surface area contributed by atoms with Gasteiger partial charge < -0.3 is 15.1 Å². The van der Waals surface area contributed by atoms with Gasteiger partial charge in [0.25, 0.3) is 17.4 Å². The molecule has 1 saturated heterocycles. The highest BCUT2D eigenvalue weighted by molar-refractivity contribution is 6.46. The second kappa shape index (κ2) is 7.50. The molecule has 2 aromatic rings. The molecular weight excluding hydrogens is 387 g/mol. The van der Waals surface area contributed by atoms with Crippen LogP contribution >= 0.6 is 0 Å². The first-order chi connectivity index (χ1) is 13.7. The van der Waals surface area contributed by atoms with Crippen LogP contribution in [0.4, 0.5) is 10.1 Å². The lowest BCUT2D eigenvalue weighted by atomic mass is 9.95. The number of nitrogens with zero attached hydrogens (tertiary/aromatic N) is 2. The molecule has 29 heavy (non-hydrogen) atoms. The number of Topliss-reactive ketones (excluding diaryl/α,β-unsaturated/α-hetero) is 1. The number of carboxylic acid groups (broad SMARTS) is 1. The van der Waals surface area contributed by atoms with Gasteiger partial charge in [-0.3, -0.25) is 24.5 Å². The maximum absolute atomic E-state index is 13.3. The molecule has 0 saturated carbocycles. The Balaban J connectivity index is 2.16. The number of hydrogen-bond donors (Lipinski definition) is 2. The van der Waals surface area contributed by atoms with E-state index in [4.69, 9.17) is 5.11 Å². The van der Waals surface area contributed by atoms with Gasteiger partial charge in [0.15, 0.2) is 0 Å². The molecular formula is C19H13FN2O7. The van der Waals surface area contributed by atoms with E-state index in [-0.39, 0.29) is 16.8 Å². The summed E-state index contributed by atoms with van der Waals surface area (Å²) in [5.74, 6) is -4.84. The fourth-order valence-corrected chi connectivity index (χ4v) is 3.08. The topological polar surface area (TPSA) is 138 Å². The van der Waals surface area contributed by atoms with E-state index in [0.29, 0.717) is 0 Å². The monoisotopic (exact) mass is 400 g/mol. The van der Waals surface area contributed by atoms with Gasteiger partial charge in [-0.15, -0.1) is 0 Å². The van der Waals surface area contributed by atoms with Crippen LogP contribution in [0, 0.1) is 15.9 Å². The molecule has 2 N–H and O–H groups in total. The molecule has 0 aromatic heterocycles. The molecule has 9 nitrogen and oxygen atoms in total. The summed E-state index contributed by atoms with van der Waals surface area (Å²) in [6.07, 6.45) is 0. The number of amides is 1. The van der Waals surface area contributed by atoms with Gasteiger partial charge in [0, 0.05) is 17.7 Å². The van der Waals surface area contributed by atoms with E-state index < -0.39 is 52.3 Å². The lowest BCUT2D eigenvalue weighted by molar-refractivity contribution is -0.384. The van der Waals surface area contributed by atoms with Crippen molar-refractivity contribution in [3.8, 4) is 0 Å². The quantitative estimate of drug-likeness (QED) is 0.258. The average Bonchev–Trinajstić information content (AvgIpc) is 2.92. The molecule has 2 aromatic carbocycles. The van der Waals surface area contributed by atoms with Gasteiger partial charge in [0.2, 0.25) is 0 Å². The third-order valence-corrected chi connectivity index (χ3v) is 4.38. The van der Waals surface area contributed by atoms with Crippen molar-refractivity contribution >= 4 is 29.1 Å². The number of ketones is 1. The Bertz CT molecular complexity index is 1050. The van der Waals surface area contributed by atoms with Gasteiger partial charge >= 0.3 is 5.97 Å². The fraction of sp³-hybridized carbons (Fsp3) is 0.105. The summed E-state index contributed by atoms with van der Waals surface area (Å²) >= 11 is 0. The number of aliphatic hydroxyl groups is 1. The largest absolute Gasteiger partial charge is 0.507 e. The zero-order valence-electron chi connectivity index (χ0n) is 14.6. The van der Waals surface area contributed by atoms with E-state index in [0.717, 1.165) is 29.2 Å². The summed E-state index contributed by atoms with van der Waals surface area (Å²) in [6, 6.07) is 8.02. The number of nitro benzene ring substituents is 1. The van der Waals surface area contributed by atoms with Crippen LogP contribution in [-0.2, 0) is 14.4 Å². The van der Waals surface area contributed by atoms with Crippen molar-refractivity contribution < 1.29 is 33.9 Å². The van der Waals surface area contributed by atoms with Crippen molar-refractivity contribution in [2.24, 2.45) is 0 Å². The minimum atomic E-state index is -1.38. The van der Waals surface area contributed by atoms with Gasteiger partial charge in [-0.05, 0) is 29.8 Å². The lowest BCUT2D eigenvalue weighted by Crippen LogP contribution is -2.34. The average molecular weight is 400 g/mol. The molecule has 0 radical (unpaired) electrons. The van der Waals surface area contributed by atoms with E-state index in [9.17, 15) is 34.0 Å². The Kier molecular flexibility index (Phi) is 5.09. The van der Waals surface area contributed by atoms with Gasteiger partial charge in [0.1, 0.15) is 18.1 Å². The normalized spacial score (nSPS) is 18.1. The van der Waals surface area contributed by atoms with Crippen molar-refractivity contribution in [3.05, 3.63) is 81.2 Å². The molecule has 0 unspecified atom stereocenters. The number of carbonyl (C=O) groups excluding carboxylic acids is 2. The molecule has 1 aliphatic rings. The molecule has 1 fully saturated rings. The van der Waals surface area contributed by atoms with Crippen LogP contribution in [0.15, 0.2) is 54.1 Å². The van der Waals surface area contributed by atoms with Gasteiger partial charge in [-0.1, -0.05) is 12.1 Å². The van der Waals surface area contributed by atoms with Crippen LogP contribution in [0.2, 0.25) is 0 Å². The standard InChI is InChI=1S/C19H13FN2O7/c20-12-5-1-10(2-6-12)16-15(18(26)19(27)21(16)9-14(23)24)17(25)11-3-7-13(8-4-11)22(28)29/h1-8,16,25H,9H2,(H,23,24)/t16-/m1/s1. The van der Waals surface area contributed by atoms with Crippen molar-refractivity contribution in [1.29, 1.82) is 0 Å². The minimum absolute atomic E-state index is 0.0241. The minimum Gasteiger partial charge on any atom is -0.507 e. The van der Waals surface area contributed by atoms with E-state index in [1.54, 1.807) is 0 Å². The summed E-state index contributed by atoms with van der Waals surface area (Å²) in [7, 11) is 0. The zero-order valence-corrected chi connectivity index (χ0v) is 14.6. The summed E-state index contributed by atoms with van der Waals surface area (Å²) in [5, 5.41) is 30.6. The van der Waals surface area contributed by atoms with E-state index in [2.05, 4.69) is 0 Å². The second-order valence-electron chi connectivity index (χ2n) is 6.18. The number of halogens is 1. The number of nitro groups is 1. The van der Waals surface area contributed by atoms with Crippen molar-refractivity contribution in [1.82, 2.24) is 4.90 Å².